The monoisotopic (exact) mass is 248 g/mol. The molecule has 0 unspecified atom stereocenters. The van der Waals surface area contributed by atoms with Crippen LogP contribution < -0.4 is 5.73 Å². The summed E-state index contributed by atoms with van der Waals surface area (Å²) >= 11 is 0. The number of hydrogen-bond donors (Lipinski definition) is 1. The highest BCUT2D eigenvalue weighted by Crippen LogP contribution is 2.37. The van der Waals surface area contributed by atoms with Gasteiger partial charge in [-0.3, -0.25) is 0 Å². The van der Waals surface area contributed by atoms with Crippen LogP contribution in [0, 0.1) is 5.92 Å². The molecule has 1 saturated heterocycles. The molecule has 16 heavy (non-hydrogen) atoms. The van der Waals surface area contributed by atoms with Crippen molar-refractivity contribution in [3.05, 3.63) is 0 Å². The Hall–Kier alpha value is -0.480. The van der Waals surface area contributed by atoms with Crippen LogP contribution in [0.3, 0.4) is 0 Å². The predicted molar refractivity (Wildman–Crippen MR) is 64.7 cm³/mol. The zero-order valence-corrected chi connectivity index (χ0v) is 10.9. The number of amides is 1. The number of carbonyl (C=O) groups excluding carboxylic acids is 1. The lowest BCUT2D eigenvalue weighted by Gasteiger charge is -2.33. The van der Waals surface area contributed by atoms with Gasteiger partial charge in [0.15, 0.2) is 0 Å². The number of likely N-dealkylation sites (tertiary alicyclic amines) is 1. The number of halogens is 1. The van der Waals surface area contributed by atoms with Crippen LogP contribution in [0.1, 0.15) is 33.6 Å². The van der Waals surface area contributed by atoms with Gasteiger partial charge in [-0.1, -0.05) is 0 Å². The molecule has 5 heteroatoms. The minimum Gasteiger partial charge on any atom is -0.444 e. The Bertz CT molecular complexity index is 278. The number of ether oxygens (including phenoxy) is 1. The van der Waals surface area contributed by atoms with Gasteiger partial charge in [-0.2, -0.15) is 0 Å². The largest absolute Gasteiger partial charge is 0.444 e. The smallest absolute Gasteiger partial charge is 0.410 e. The highest BCUT2D eigenvalue weighted by Gasteiger charge is 2.46. The summed E-state index contributed by atoms with van der Waals surface area (Å²) < 4.78 is 5.35. The molecule has 2 bridgehead atoms. The predicted octanol–water partition coefficient (Wildman–Crippen LogP) is 1.76. The Morgan fingerprint density at radius 1 is 1.38 bits per heavy atom. The zero-order valence-electron chi connectivity index (χ0n) is 10.1. The van der Waals surface area contributed by atoms with Gasteiger partial charge in [0, 0.05) is 12.6 Å². The first-order chi connectivity index (χ1) is 6.87. The first kappa shape index (κ1) is 13.6. The van der Waals surface area contributed by atoms with Crippen molar-refractivity contribution in [2.24, 2.45) is 11.7 Å². The Balaban J connectivity index is 0.00000128. The van der Waals surface area contributed by atoms with E-state index in [0.29, 0.717) is 5.92 Å². The Kier molecular flexibility index (Phi) is 3.75. The molecule has 94 valence electrons. The van der Waals surface area contributed by atoms with Crippen LogP contribution in [-0.4, -0.2) is 35.2 Å². The lowest BCUT2D eigenvalue weighted by Crippen LogP contribution is -2.49. The average molecular weight is 249 g/mol. The third-order valence-electron chi connectivity index (χ3n) is 3.16. The van der Waals surface area contributed by atoms with E-state index in [2.05, 4.69) is 0 Å². The number of nitrogens with zero attached hydrogens (tertiary/aromatic N) is 1. The SMILES string of the molecule is CC(C)(C)OC(=O)N1C[C@H]2C[C@@H]1[C@@H](N)C2.Cl. The van der Waals surface area contributed by atoms with Crippen molar-refractivity contribution < 1.29 is 9.53 Å². The number of rotatable bonds is 0. The van der Waals surface area contributed by atoms with Crippen molar-refractivity contribution in [3.63, 3.8) is 0 Å². The molecule has 0 aromatic rings. The molecule has 4 nitrogen and oxygen atoms in total. The van der Waals surface area contributed by atoms with E-state index in [9.17, 15) is 4.79 Å². The molecule has 2 fully saturated rings. The second-order valence-electron chi connectivity index (χ2n) is 5.70. The maximum absolute atomic E-state index is 11.8. The second-order valence-corrected chi connectivity index (χ2v) is 5.70. The van der Waals surface area contributed by atoms with E-state index in [0.717, 1.165) is 19.4 Å². The van der Waals surface area contributed by atoms with Crippen LogP contribution in [0.2, 0.25) is 0 Å². The van der Waals surface area contributed by atoms with E-state index < -0.39 is 5.60 Å². The molecular weight excluding hydrogens is 228 g/mol. The molecule has 2 N–H and O–H groups in total. The van der Waals surface area contributed by atoms with Gasteiger partial charge < -0.3 is 15.4 Å². The molecule has 0 aromatic carbocycles. The zero-order chi connectivity index (χ0) is 11.2. The lowest BCUT2D eigenvalue weighted by atomic mass is 10.1. The number of fused-ring (bicyclic) bond motifs is 2. The van der Waals surface area contributed by atoms with Crippen molar-refractivity contribution in [1.82, 2.24) is 4.90 Å². The molecule has 1 amide bonds. The molecule has 1 aliphatic heterocycles. The Morgan fingerprint density at radius 2 is 2.00 bits per heavy atom. The molecule has 1 aliphatic carbocycles. The highest BCUT2D eigenvalue weighted by atomic mass is 35.5. The lowest BCUT2D eigenvalue weighted by molar-refractivity contribution is 0.0172. The van der Waals surface area contributed by atoms with E-state index in [4.69, 9.17) is 10.5 Å². The van der Waals surface area contributed by atoms with E-state index in [-0.39, 0.29) is 30.6 Å². The maximum atomic E-state index is 11.8. The standard InChI is InChI=1S/C11H20N2O2.ClH/c1-11(2,3)15-10(14)13-6-7-4-8(12)9(13)5-7;/h7-9H,4-6,12H2,1-3H3;1H/t7-,8+,9-;/m1./s1. The summed E-state index contributed by atoms with van der Waals surface area (Å²) in [6, 6.07) is 0.362. The fourth-order valence-corrected chi connectivity index (χ4v) is 2.61. The van der Waals surface area contributed by atoms with Crippen LogP contribution >= 0.6 is 12.4 Å². The normalized spacial score (nSPS) is 32.5. The summed E-state index contributed by atoms with van der Waals surface area (Å²) in [7, 11) is 0. The minimum atomic E-state index is -0.414. The van der Waals surface area contributed by atoms with Crippen LogP contribution in [0.5, 0.6) is 0 Å². The van der Waals surface area contributed by atoms with Crippen LogP contribution in [-0.2, 0) is 4.74 Å². The third-order valence-corrected chi connectivity index (χ3v) is 3.16. The van der Waals surface area contributed by atoms with Crippen molar-refractivity contribution in [3.8, 4) is 0 Å². The molecule has 2 aliphatic rings. The topological polar surface area (TPSA) is 55.6 Å². The fraction of sp³-hybridized carbons (Fsp3) is 0.909. The summed E-state index contributed by atoms with van der Waals surface area (Å²) in [6.45, 7) is 6.49. The van der Waals surface area contributed by atoms with Crippen molar-refractivity contribution in [2.75, 3.05) is 6.54 Å². The van der Waals surface area contributed by atoms with Crippen LogP contribution in [0.4, 0.5) is 4.79 Å². The van der Waals surface area contributed by atoms with Crippen LogP contribution in [0.15, 0.2) is 0 Å². The van der Waals surface area contributed by atoms with Crippen LogP contribution in [0.25, 0.3) is 0 Å². The Morgan fingerprint density at radius 3 is 2.44 bits per heavy atom. The maximum Gasteiger partial charge on any atom is 0.410 e. The molecule has 0 radical (unpaired) electrons. The van der Waals surface area contributed by atoms with Gasteiger partial charge in [0.1, 0.15) is 5.60 Å². The van der Waals surface area contributed by atoms with Gasteiger partial charge in [-0.25, -0.2) is 4.79 Å². The summed E-state index contributed by atoms with van der Waals surface area (Å²) in [6.07, 6.45) is 1.91. The summed E-state index contributed by atoms with van der Waals surface area (Å²) in [4.78, 5) is 13.7. The summed E-state index contributed by atoms with van der Waals surface area (Å²) in [5.74, 6) is 0.595. The second kappa shape index (κ2) is 4.41. The number of carbonyl (C=O) groups is 1. The molecule has 3 atom stereocenters. The quantitative estimate of drug-likeness (QED) is 0.711. The molecule has 1 saturated carbocycles. The first-order valence-electron chi connectivity index (χ1n) is 5.62. The van der Waals surface area contributed by atoms with Gasteiger partial charge in [0.05, 0.1) is 6.04 Å². The number of piperidine rings is 1. The molecule has 0 spiro atoms. The number of hydrogen-bond acceptors (Lipinski definition) is 3. The molecule has 0 aromatic heterocycles. The highest BCUT2D eigenvalue weighted by molar-refractivity contribution is 5.85. The van der Waals surface area contributed by atoms with E-state index in [1.807, 2.05) is 25.7 Å². The average Bonchev–Trinajstić information content (AvgIpc) is 2.58. The van der Waals surface area contributed by atoms with E-state index in [1.54, 1.807) is 0 Å². The first-order valence-corrected chi connectivity index (χ1v) is 5.62. The van der Waals surface area contributed by atoms with Gasteiger partial charge in [0.2, 0.25) is 0 Å². The minimum absolute atomic E-state index is 0. The Labute approximate surface area is 103 Å². The van der Waals surface area contributed by atoms with Crippen molar-refractivity contribution in [1.29, 1.82) is 0 Å². The molecular formula is C11H21ClN2O2. The summed E-state index contributed by atoms with van der Waals surface area (Å²) in [5, 5.41) is 0. The molecule has 1 heterocycles. The van der Waals surface area contributed by atoms with Gasteiger partial charge >= 0.3 is 6.09 Å². The van der Waals surface area contributed by atoms with Crippen molar-refractivity contribution in [2.45, 2.75) is 51.3 Å². The molecule has 2 rings (SSSR count). The number of nitrogens with two attached hydrogens (primary N) is 1. The van der Waals surface area contributed by atoms with Gasteiger partial charge in [0.25, 0.3) is 0 Å². The van der Waals surface area contributed by atoms with Gasteiger partial charge in [-0.05, 0) is 39.5 Å². The third kappa shape index (κ3) is 2.61. The fourth-order valence-electron chi connectivity index (χ4n) is 2.61. The van der Waals surface area contributed by atoms with Gasteiger partial charge in [-0.15, -0.1) is 12.4 Å². The summed E-state index contributed by atoms with van der Waals surface area (Å²) in [5.41, 5.74) is 5.55. The van der Waals surface area contributed by atoms with Crippen molar-refractivity contribution >= 4 is 18.5 Å². The van der Waals surface area contributed by atoms with E-state index in [1.165, 1.54) is 0 Å². The van der Waals surface area contributed by atoms with E-state index >= 15 is 0 Å².